The molecule has 0 unspecified atom stereocenters. The zero-order chi connectivity index (χ0) is 8.43. The average molecular weight is 268 g/mol. The van der Waals surface area contributed by atoms with Crippen molar-refractivity contribution in [1.29, 1.82) is 0 Å². The molecule has 64 valence electrons. The van der Waals surface area contributed by atoms with Crippen LogP contribution in [-0.4, -0.2) is 36.9 Å². The van der Waals surface area contributed by atoms with Crippen LogP contribution in [0.5, 0.6) is 0 Å². The van der Waals surface area contributed by atoms with E-state index in [0.717, 1.165) is 11.1 Å². The summed E-state index contributed by atoms with van der Waals surface area (Å²) in [6.45, 7) is 3.68. The molecular weight excluding hydrogens is 255 g/mol. The van der Waals surface area contributed by atoms with E-state index in [2.05, 4.69) is 0 Å². The number of carbonyl (C=O) groups is 1. The van der Waals surface area contributed by atoms with Crippen LogP contribution in [0.1, 0.15) is 21.5 Å². The molecule has 0 saturated heterocycles. The van der Waals surface area contributed by atoms with Crippen molar-refractivity contribution in [3.63, 3.8) is 0 Å². The third kappa shape index (κ3) is 2.55. The second-order valence-corrected chi connectivity index (χ2v) is 2.62. The molecule has 0 aromatic heterocycles. The minimum atomic E-state index is -0.855. The van der Waals surface area contributed by atoms with E-state index in [0.29, 0.717) is 5.56 Å². The molecule has 0 amide bonds. The van der Waals surface area contributed by atoms with E-state index in [1.54, 1.807) is 13.0 Å². The minimum absolute atomic E-state index is 0. The van der Waals surface area contributed by atoms with Gasteiger partial charge in [0.2, 0.25) is 0 Å². The third-order valence-corrected chi connectivity index (χ3v) is 1.62. The Morgan fingerprint density at radius 1 is 1.33 bits per heavy atom. The Hall–Kier alpha value is -0.440. The van der Waals surface area contributed by atoms with E-state index in [1.807, 2.05) is 19.1 Å². The molecule has 0 aliphatic rings. The number of hydrogen-bond acceptors (Lipinski definition) is 1. The van der Waals surface area contributed by atoms with Gasteiger partial charge in [-0.15, -0.1) is 0 Å². The molecule has 1 aromatic rings. The first-order valence-corrected chi connectivity index (χ1v) is 3.42. The number of rotatable bonds is 1. The first-order valence-electron chi connectivity index (χ1n) is 3.42. The van der Waals surface area contributed by atoms with Gasteiger partial charge in [-0.2, -0.15) is 0 Å². The quantitative estimate of drug-likeness (QED) is 0.818. The summed E-state index contributed by atoms with van der Waals surface area (Å²) in [5.41, 5.74) is 2.18. The van der Waals surface area contributed by atoms with E-state index in [4.69, 9.17) is 5.11 Å². The number of hydrogen-bond donors (Lipinski definition) is 1. The summed E-state index contributed by atoms with van der Waals surface area (Å²) in [5, 5.41) is 8.69. The molecule has 0 bridgehead atoms. The van der Waals surface area contributed by atoms with Crippen LogP contribution in [0.4, 0.5) is 0 Å². The van der Waals surface area contributed by atoms with E-state index < -0.39 is 5.97 Å². The monoisotopic (exact) mass is 268 g/mol. The van der Waals surface area contributed by atoms with E-state index >= 15 is 0 Å². The van der Waals surface area contributed by atoms with Gasteiger partial charge in [0.25, 0.3) is 0 Å². The molecule has 0 aliphatic carbocycles. The standard InChI is InChI=1S/C9H10O2.In.3H/c1-6-3-4-7(2)8(5-6)9(10)11;;;;/h3-5H,1-2H3,(H,10,11);;;;. The van der Waals surface area contributed by atoms with Crippen LogP contribution in [0.3, 0.4) is 0 Å². The molecule has 0 fully saturated rings. The number of carboxylic acid groups (broad SMARTS) is 1. The fraction of sp³-hybridized carbons (Fsp3) is 0.222. The molecule has 12 heavy (non-hydrogen) atoms. The van der Waals surface area contributed by atoms with Gasteiger partial charge in [-0.05, 0) is 25.5 Å². The summed E-state index contributed by atoms with van der Waals surface area (Å²) in [4.78, 5) is 10.6. The molecule has 3 heteroatoms. The van der Waals surface area contributed by atoms with Crippen LogP contribution >= 0.6 is 0 Å². The number of aryl methyl sites for hydroxylation is 2. The molecule has 1 rings (SSSR count). The molecule has 0 atom stereocenters. The SMILES string of the molecule is Cc1ccc(C)c(C(=O)O)c1.[InH3]. The van der Waals surface area contributed by atoms with Gasteiger partial charge in [0.15, 0.2) is 0 Å². The Bertz CT molecular complexity index is 295. The Morgan fingerprint density at radius 2 is 1.92 bits per heavy atom. The molecule has 0 radical (unpaired) electrons. The molecule has 0 heterocycles. The summed E-state index contributed by atoms with van der Waals surface area (Å²) in [7, 11) is 0. The third-order valence-electron chi connectivity index (χ3n) is 1.62. The molecule has 2 nitrogen and oxygen atoms in total. The van der Waals surface area contributed by atoms with Gasteiger partial charge in [0.05, 0.1) is 5.56 Å². The van der Waals surface area contributed by atoms with Gasteiger partial charge in [0.1, 0.15) is 0 Å². The van der Waals surface area contributed by atoms with E-state index in [-0.39, 0.29) is 25.8 Å². The Kier molecular flexibility index (Phi) is 4.39. The number of aromatic carboxylic acids is 1. The molecular formula is C9H13InO2. The molecule has 1 N–H and O–H groups in total. The van der Waals surface area contributed by atoms with Crippen molar-refractivity contribution in [2.24, 2.45) is 0 Å². The summed E-state index contributed by atoms with van der Waals surface area (Å²) in [5.74, 6) is -0.855. The van der Waals surface area contributed by atoms with Crippen molar-refractivity contribution >= 4 is 31.8 Å². The van der Waals surface area contributed by atoms with Gasteiger partial charge >= 0.3 is 31.8 Å². The van der Waals surface area contributed by atoms with Crippen LogP contribution < -0.4 is 0 Å². The average Bonchev–Trinajstić information content (AvgIpc) is 1.94. The van der Waals surface area contributed by atoms with Crippen LogP contribution in [0.15, 0.2) is 18.2 Å². The predicted octanol–water partition coefficient (Wildman–Crippen LogP) is 0.818. The van der Waals surface area contributed by atoms with Crippen molar-refractivity contribution in [3.8, 4) is 0 Å². The van der Waals surface area contributed by atoms with Crippen LogP contribution in [-0.2, 0) is 0 Å². The predicted molar refractivity (Wildman–Crippen MR) is 52.8 cm³/mol. The maximum atomic E-state index is 10.6. The van der Waals surface area contributed by atoms with Crippen LogP contribution in [0.2, 0.25) is 0 Å². The zero-order valence-corrected chi connectivity index (χ0v) is 6.59. The molecule has 0 aliphatic heterocycles. The molecule has 0 saturated carbocycles. The number of carboxylic acids is 1. The Balaban J connectivity index is 0.00000121. The summed E-state index contributed by atoms with van der Waals surface area (Å²) in [6, 6.07) is 5.40. The van der Waals surface area contributed by atoms with Crippen molar-refractivity contribution in [1.82, 2.24) is 0 Å². The molecule has 0 spiro atoms. The topological polar surface area (TPSA) is 37.3 Å². The fourth-order valence-corrected chi connectivity index (χ4v) is 0.966. The maximum absolute atomic E-state index is 10.6. The molecule has 1 aromatic carbocycles. The Labute approximate surface area is 90.4 Å². The van der Waals surface area contributed by atoms with Gasteiger partial charge in [-0.3, -0.25) is 0 Å². The number of benzene rings is 1. The first-order chi connectivity index (χ1) is 5.11. The van der Waals surface area contributed by atoms with Crippen molar-refractivity contribution in [3.05, 3.63) is 34.9 Å². The van der Waals surface area contributed by atoms with Crippen LogP contribution in [0.25, 0.3) is 0 Å². The zero-order valence-electron chi connectivity index (χ0n) is 6.59. The van der Waals surface area contributed by atoms with Gasteiger partial charge in [-0.1, -0.05) is 17.7 Å². The van der Waals surface area contributed by atoms with Crippen molar-refractivity contribution in [2.75, 3.05) is 0 Å². The second kappa shape index (κ2) is 4.55. The van der Waals surface area contributed by atoms with E-state index in [9.17, 15) is 4.79 Å². The summed E-state index contributed by atoms with van der Waals surface area (Å²) in [6.07, 6.45) is 0. The van der Waals surface area contributed by atoms with Gasteiger partial charge in [-0.25, -0.2) is 4.79 Å². The fourth-order valence-electron chi connectivity index (χ4n) is 0.966. The first kappa shape index (κ1) is 11.6. The Morgan fingerprint density at radius 3 is 2.33 bits per heavy atom. The van der Waals surface area contributed by atoms with Gasteiger partial charge in [0, 0.05) is 0 Å². The van der Waals surface area contributed by atoms with Gasteiger partial charge < -0.3 is 5.11 Å². The second-order valence-electron chi connectivity index (χ2n) is 2.62. The van der Waals surface area contributed by atoms with Crippen molar-refractivity contribution in [2.45, 2.75) is 13.8 Å². The van der Waals surface area contributed by atoms with Crippen molar-refractivity contribution < 1.29 is 9.90 Å². The summed E-state index contributed by atoms with van der Waals surface area (Å²) >= 11 is 0. The summed E-state index contributed by atoms with van der Waals surface area (Å²) < 4.78 is 0. The normalized spacial score (nSPS) is 8.83. The van der Waals surface area contributed by atoms with E-state index in [1.165, 1.54) is 0 Å². The van der Waals surface area contributed by atoms with Crippen LogP contribution in [0, 0.1) is 13.8 Å².